The fourth-order valence-corrected chi connectivity index (χ4v) is 1.90. The van der Waals surface area contributed by atoms with Crippen LogP contribution in [-0.4, -0.2) is 31.6 Å². The van der Waals surface area contributed by atoms with Crippen molar-refractivity contribution < 1.29 is 14.3 Å². The topological polar surface area (TPSA) is 93.4 Å². The molecule has 2 amide bonds. The lowest BCUT2D eigenvalue weighted by Gasteiger charge is -2.14. The summed E-state index contributed by atoms with van der Waals surface area (Å²) in [5.74, 6) is -0.141. The Bertz CT molecular complexity index is 541. The molecule has 1 aromatic carbocycles. The summed E-state index contributed by atoms with van der Waals surface area (Å²) in [5, 5.41) is 5.61. The molecule has 114 valence electrons. The molecule has 0 heterocycles. The number of methoxy groups -OCH3 is 1. The van der Waals surface area contributed by atoms with Crippen LogP contribution in [0.4, 0.5) is 11.4 Å². The number of hydrogen-bond donors (Lipinski definition) is 3. The predicted octanol–water partition coefficient (Wildman–Crippen LogP) is 1.26. The third kappa shape index (κ3) is 4.27. The van der Waals surface area contributed by atoms with E-state index >= 15 is 0 Å². The summed E-state index contributed by atoms with van der Waals surface area (Å²) in [6.07, 6.45) is 1.90. The van der Waals surface area contributed by atoms with Gasteiger partial charge >= 0.3 is 0 Å². The van der Waals surface area contributed by atoms with Crippen LogP contribution in [0.2, 0.25) is 0 Å². The molecule has 0 aromatic heterocycles. The molecule has 0 aliphatic heterocycles. The first-order chi connectivity index (χ1) is 10.0. The van der Waals surface area contributed by atoms with Gasteiger partial charge in [-0.3, -0.25) is 9.59 Å². The minimum absolute atomic E-state index is 0.0345. The lowest BCUT2D eigenvalue weighted by atomic mass is 10.1. The highest BCUT2D eigenvalue weighted by molar-refractivity contribution is 5.98. The van der Waals surface area contributed by atoms with Gasteiger partial charge in [0, 0.05) is 24.4 Å². The Morgan fingerprint density at radius 2 is 2.10 bits per heavy atom. The van der Waals surface area contributed by atoms with Gasteiger partial charge in [0.05, 0.1) is 6.61 Å². The van der Waals surface area contributed by atoms with Gasteiger partial charge in [0.2, 0.25) is 11.8 Å². The number of carbonyl (C=O) groups is 2. The molecule has 6 heteroatoms. The molecule has 4 N–H and O–H groups in total. The Kier molecular flexibility index (Phi) is 4.93. The molecule has 1 aromatic rings. The van der Waals surface area contributed by atoms with E-state index in [4.69, 9.17) is 10.5 Å². The molecule has 6 nitrogen and oxygen atoms in total. The Morgan fingerprint density at radius 1 is 1.38 bits per heavy atom. The first-order valence-electron chi connectivity index (χ1n) is 6.98. The maximum Gasteiger partial charge on any atom is 0.243 e. The van der Waals surface area contributed by atoms with Gasteiger partial charge < -0.3 is 21.1 Å². The van der Waals surface area contributed by atoms with Gasteiger partial charge in [-0.1, -0.05) is 6.07 Å². The molecule has 21 heavy (non-hydrogen) atoms. The van der Waals surface area contributed by atoms with Crippen molar-refractivity contribution in [1.82, 2.24) is 0 Å². The largest absolute Gasteiger partial charge is 0.383 e. The monoisotopic (exact) mass is 291 g/mol. The molecule has 0 radical (unpaired) electrons. The molecule has 1 saturated carbocycles. The standard InChI is InChI=1S/C15H21N3O3/c1-9-3-6-11(17-14(19)10-4-5-10)7-13(9)18-15(20)12(16)8-21-2/h3,6-7,10,12H,4-5,8,16H2,1-2H3,(H,17,19)(H,18,20). The van der Waals surface area contributed by atoms with Gasteiger partial charge in [-0.25, -0.2) is 0 Å². The zero-order valence-corrected chi connectivity index (χ0v) is 12.3. The molecule has 1 aliphatic carbocycles. The lowest BCUT2D eigenvalue weighted by molar-refractivity contribution is -0.118. The van der Waals surface area contributed by atoms with Crippen LogP contribution in [0.1, 0.15) is 18.4 Å². The zero-order chi connectivity index (χ0) is 15.4. The van der Waals surface area contributed by atoms with Crippen LogP contribution in [0.15, 0.2) is 18.2 Å². The highest BCUT2D eigenvalue weighted by Gasteiger charge is 2.29. The van der Waals surface area contributed by atoms with Crippen LogP contribution in [0.5, 0.6) is 0 Å². The smallest absolute Gasteiger partial charge is 0.243 e. The maximum atomic E-state index is 11.9. The minimum Gasteiger partial charge on any atom is -0.383 e. The van der Waals surface area contributed by atoms with Crippen molar-refractivity contribution in [2.75, 3.05) is 24.4 Å². The van der Waals surface area contributed by atoms with E-state index in [1.54, 1.807) is 6.07 Å². The molecule has 1 atom stereocenters. The Balaban J connectivity index is 2.04. The maximum absolute atomic E-state index is 11.9. The Hall–Kier alpha value is -1.92. The summed E-state index contributed by atoms with van der Waals surface area (Å²) in [4.78, 5) is 23.7. The van der Waals surface area contributed by atoms with Crippen molar-refractivity contribution >= 4 is 23.2 Å². The van der Waals surface area contributed by atoms with Gasteiger partial charge in [0.15, 0.2) is 0 Å². The molecule has 0 spiro atoms. The number of amides is 2. The molecule has 0 saturated heterocycles. The van der Waals surface area contributed by atoms with Crippen LogP contribution in [0.25, 0.3) is 0 Å². The number of carbonyl (C=O) groups excluding carboxylic acids is 2. The van der Waals surface area contributed by atoms with Crippen molar-refractivity contribution in [2.45, 2.75) is 25.8 Å². The molecule has 1 fully saturated rings. The third-order valence-electron chi connectivity index (χ3n) is 3.39. The van der Waals surface area contributed by atoms with Crippen molar-refractivity contribution in [3.05, 3.63) is 23.8 Å². The Labute approximate surface area is 124 Å². The van der Waals surface area contributed by atoms with Gasteiger partial charge in [-0.15, -0.1) is 0 Å². The van der Waals surface area contributed by atoms with Gasteiger partial charge in [-0.2, -0.15) is 0 Å². The summed E-state index contributed by atoms with van der Waals surface area (Å²) in [6, 6.07) is 4.69. The van der Waals surface area contributed by atoms with E-state index in [0.29, 0.717) is 11.4 Å². The van der Waals surface area contributed by atoms with E-state index in [2.05, 4.69) is 10.6 Å². The van der Waals surface area contributed by atoms with E-state index in [0.717, 1.165) is 18.4 Å². The molecule has 1 aliphatic rings. The highest BCUT2D eigenvalue weighted by Crippen LogP contribution is 2.30. The summed E-state index contributed by atoms with van der Waals surface area (Å²) in [5.41, 5.74) is 7.90. The van der Waals surface area contributed by atoms with E-state index in [9.17, 15) is 9.59 Å². The molecular formula is C15H21N3O3. The SMILES string of the molecule is COCC(N)C(=O)Nc1cc(NC(=O)C2CC2)ccc1C. The zero-order valence-electron chi connectivity index (χ0n) is 12.3. The number of ether oxygens (including phenoxy) is 1. The molecule has 1 unspecified atom stereocenters. The molecular weight excluding hydrogens is 270 g/mol. The second kappa shape index (κ2) is 6.69. The minimum atomic E-state index is -0.723. The number of nitrogens with two attached hydrogens (primary N) is 1. The van der Waals surface area contributed by atoms with Crippen molar-refractivity contribution in [3.63, 3.8) is 0 Å². The summed E-state index contributed by atoms with van der Waals surface area (Å²) >= 11 is 0. The van der Waals surface area contributed by atoms with Gasteiger partial charge in [0.25, 0.3) is 0 Å². The van der Waals surface area contributed by atoms with E-state index in [1.165, 1.54) is 7.11 Å². The number of benzene rings is 1. The quantitative estimate of drug-likeness (QED) is 0.735. The number of rotatable bonds is 6. The van der Waals surface area contributed by atoms with Crippen LogP contribution < -0.4 is 16.4 Å². The fourth-order valence-electron chi connectivity index (χ4n) is 1.90. The Morgan fingerprint density at radius 3 is 2.71 bits per heavy atom. The first-order valence-corrected chi connectivity index (χ1v) is 6.98. The summed E-state index contributed by atoms with van der Waals surface area (Å²) in [6.45, 7) is 2.03. The van der Waals surface area contributed by atoms with Crippen LogP contribution >= 0.6 is 0 Å². The predicted molar refractivity (Wildman–Crippen MR) is 81.0 cm³/mol. The summed E-state index contributed by atoms with van der Waals surface area (Å²) < 4.78 is 4.86. The third-order valence-corrected chi connectivity index (χ3v) is 3.39. The van der Waals surface area contributed by atoms with Crippen molar-refractivity contribution in [1.29, 1.82) is 0 Å². The fraction of sp³-hybridized carbons (Fsp3) is 0.467. The normalized spacial score (nSPS) is 15.4. The molecule has 2 rings (SSSR count). The van der Waals surface area contributed by atoms with Crippen molar-refractivity contribution in [3.8, 4) is 0 Å². The number of aryl methyl sites for hydroxylation is 1. The lowest BCUT2D eigenvalue weighted by Crippen LogP contribution is -2.39. The number of anilines is 2. The average molecular weight is 291 g/mol. The van der Waals surface area contributed by atoms with E-state index in [-0.39, 0.29) is 24.3 Å². The molecule has 0 bridgehead atoms. The second-order valence-electron chi connectivity index (χ2n) is 5.34. The second-order valence-corrected chi connectivity index (χ2v) is 5.34. The van der Waals surface area contributed by atoms with Crippen LogP contribution in [-0.2, 0) is 14.3 Å². The van der Waals surface area contributed by atoms with Gasteiger partial charge in [0.1, 0.15) is 6.04 Å². The van der Waals surface area contributed by atoms with Gasteiger partial charge in [-0.05, 0) is 37.5 Å². The van der Waals surface area contributed by atoms with E-state index < -0.39 is 6.04 Å². The first kappa shape index (κ1) is 15.5. The van der Waals surface area contributed by atoms with Crippen LogP contribution in [0.3, 0.4) is 0 Å². The average Bonchev–Trinajstić information content (AvgIpc) is 3.27. The summed E-state index contributed by atoms with van der Waals surface area (Å²) in [7, 11) is 1.49. The number of hydrogen-bond acceptors (Lipinski definition) is 4. The number of nitrogens with one attached hydrogen (secondary N) is 2. The van der Waals surface area contributed by atoms with E-state index in [1.807, 2.05) is 19.1 Å². The highest BCUT2D eigenvalue weighted by atomic mass is 16.5. The van der Waals surface area contributed by atoms with Crippen LogP contribution in [0, 0.1) is 12.8 Å². The van der Waals surface area contributed by atoms with Crippen molar-refractivity contribution in [2.24, 2.45) is 11.7 Å².